The van der Waals surface area contributed by atoms with Gasteiger partial charge in [-0.2, -0.15) is 0 Å². The van der Waals surface area contributed by atoms with Crippen molar-refractivity contribution in [2.24, 2.45) is 10.7 Å². The van der Waals surface area contributed by atoms with Gasteiger partial charge in [0.2, 0.25) is 0 Å². The lowest BCUT2D eigenvalue weighted by Gasteiger charge is -2.20. The van der Waals surface area contributed by atoms with E-state index < -0.39 is 10.8 Å². The van der Waals surface area contributed by atoms with Gasteiger partial charge in [-0.1, -0.05) is 30.3 Å². The number of aliphatic imine (C=N–C) groups is 1. The highest BCUT2D eigenvalue weighted by molar-refractivity contribution is 14.0. The molecule has 1 rings (SSSR count). The van der Waals surface area contributed by atoms with Crippen LogP contribution in [0.5, 0.6) is 0 Å². The predicted molar refractivity (Wildman–Crippen MR) is 97.9 cm³/mol. The van der Waals surface area contributed by atoms with Crippen LogP contribution in [-0.2, 0) is 16.6 Å². The zero-order valence-corrected chi connectivity index (χ0v) is 15.4. The van der Waals surface area contributed by atoms with Gasteiger partial charge in [0.25, 0.3) is 0 Å². The maximum Gasteiger partial charge on any atom is 0.189 e. The summed E-state index contributed by atoms with van der Waals surface area (Å²) >= 11 is 0. The van der Waals surface area contributed by atoms with Crippen molar-refractivity contribution < 1.29 is 4.21 Å². The van der Waals surface area contributed by atoms with Gasteiger partial charge >= 0.3 is 0 Å². The Morgan fingerprint density at radius 3 is 2.45 bits per heavy atom. The van der Waals surface area contributed by atoms with Crippen molar-refractivity contribution >= 4 is 40.7 Å². The normalized spacial score (nSPS) is 13.4. The van der Waals surface area contributed by atoms with Crippen LogP contribution >= 0.6 is 24.0 Å². The molecule has 1 aromatic rings. The maximum atomic E-state index is 11.9. The maximum absolute atomic E-state index is 11.9. The number of hydrogen-bond donors (Lipinski definition) is 2. The monoisotopic (exact) mass is 409 g/mol. The Balaban J connectivity index is 0.00000361. The third-order valence-electron chi connectivity index (χ3n) is 2.27. The minimum atomic E-state index is -0.901. The van der Waals surface area contributed by atoms with Gasteiger partial charge in [-0.3, -0.25) is 9.20 Å². The largest absolute Gasteiger partial charge is 0.370 e. The lowest BCUT2D eigenvalue weighted by molar-refractivity contribution is 0.508. The van der Waals surface area contributed by atoms with Crippen molar-refractivity contribution in [1.29, 1.82) is 0 Å². The van der Waals surface area contributed by atoms with Gasteiger partial charge in [-0.15, -0.1) is 24.0 Å². The van der Waals surface area contributed by atoms with E-state index in [1.807, 2.05) is 51.1 Å². The van der Waals surface area contributed by atoms with E-state index in [9.17, 15) is 4.21 Å². The van der Waals surface area contributed by atoms with Gasteiger partial charge in [-0.25, -0.2) is 0 Å². The highest BCUT2D eigenvalue weighted by atomic mass is 127. The Bertz CT molecular complexity index is 443. The molecule has 0 radical (unpaired) electrons. The van der Waals surface area contributed by atoms with Crippen LogP contribution in [0.3, 0.4) is 0 Å². The first kappa shape index (κ1) is 19.4. The van der Waals surface area contributed by atoms with Gasteiger partial charge in [0.15, 0.2) is 5.96 Å². The Labute approximate surface area is 141 Å². The first-order valence-electron chi connectivity index (χ1n) is 6.34. The molecule has 114 valence electrons. The summed E-state index contributed by atoms with van der Waals surface area (Å²) in [6.07, 6.45) is 0. The number of guanidine groups is 1. The Morgan fingerprint density at radius 2 is 1.90 bits per heavy atom. The van der Waals surface area contributed by atoms with E-state index >= 15 is 0 Å². The summed E-state index contributed by atoms with van der Waals surface area (Å²) < 4.78 is 11.9. The van der Waals surface area contributed by atoms with E-state index in [0.717, 1.165) is 5.56 Å². The molecule has 0 saturated carbocycles. The van der Waals surface area contributed by atoms with Crippen molar-refractivity contribution in [2.45, 2.75) is 32.1 Å². The molecule has 1 aromatic carbocycles. The minimum Gasteiger partial charge on any atom is -0.370 e. The van der Waals surface area contributed by atoms with Crippen molar-refractivity contribution in [3.63, 3.8) is 0 Å². The zero-order valence-electron chi connectivity index (χ0n) is 12.3. The average molecular weight is 409 g/mol. The quantitative estimate of drug-likeness (QED) is 0.446. The summed E-state index contributed by atoms with van der Waals surface area (Å²) in [5, 5.41) is 3.07. The molecule has 0 aliphatic carbocycles. The van der Waals surface area contributed by atoms with E-state index in [1.165, 1.54) is 0 Å². The topological polar surface area (TPSA) is 67.5 Å². The fourth-order valence-corrected chi connectivity index (χ4v) is 2.53. The Kier molecular flexibility index (Phi) is 9.04. The van der Waals surface area contributed by atoms with Gasteiger partial charge in [-0.05, 0) is 26.3 Å². The first-order chi connectivity index (χ1) is 8.87. The Morgan fingerprint density at radius 1 is 1.30 bits per heavy atom. The fraction of sp³-hybridized carbons (Fsp3) is 0.500. The van der Waals surface area contributed by atoms with Crippen LogP contribution in [-0.4, -0.2) is 28.0 Å². The fourth-order valence-electron chi connectivity index (χ4n) is 1.52. The van der Waals surface area contributed by atoms with Gasteiger partial charge in [0, 0.05) is 27.8 Å². The summed E-state index contributed by atoms with van der Waals surface area (Å²) in [6, 6.07) is 9.83. The number of nitrogens with two attached hydrogens (primary N) is 1. The molecule has 0 aliphatic heterocycles. The van der Waals surface area contributed by atoms with Crippen molar-refractivity contribution in [3.05, 3.63) is 35.9 Å². The standard InChI is InChI=1S/C14H23N3OS.HI/c1-14(2,3)17-13(15)16-9-10-19(18)11-12-7-5-4-6-8-12;/h4-8H,9-11H2,1-3H3,(H3,15,16,17);1H. The number of halogens is 1. The molecule has 0 bridgehead atoms. The van der Waals surface area contributed by atoms with E-state index in [1.54, 1.807) is 0 Å². The molecule has 6 heteroatoms. The van der Waals surface area contributed by atoms with E-state index in [-0.39, 0.29) is 29.5 Å². The molecule has 3 N–H and O–H groups in total. The van der Waals surface area contributed by atoms with Crippen molar-refractivity contribution in [3.8, 4) is 0 Å². The van der Waals surface area contributed by atoms with Crippen LogP contribution in [0, 0.1) is 0 Å². The molecule has 1 unspecified atom stereocenters. The minimum absolute atomic E-state index is 0. The molecule has 0 aromatic heterocycles. The zero-order chi connectivity index (χ0) is 14.3. The van der Waals surface area contributed by atoms with Crippen LogP contribution in [0.25, 0.3) is 0 Å². The van der Waals surface area contributed by atoms with E-state index in [0.29, 0.717) is 24.0 Å². The van der Waals surface area contributed by atoms with Gasteiger partial charge in [0.1, 0.15) is 0 Å². The third kappa shape index (κ3) is 9.30. The number of nitrogens with one attached hydrogen (secondary N) is 1. The van der Waals surface area contributed by atoms with Crippen molar-refractivity contribution in [1.82, 2.24) is 5.32 Å². The lowest BCUT2D eigenvalue weighted by Crippen LogP contribution is -2.45. The first-order valence-corrected chi connectivity index (χ1v) is 7.82. The summed E-state index contributed by atoms with van der Waals surface area (Å²) in [4.78, 5) is 4.18. The number of benzene rings is 1. The van der Waals surface area contributed by atoms with Crippen molar-refractivity contribution in [2.75, 3.05) is 12.3 Å². The average Bonchev–Trinajstić information content (AvgIpc) is 2.27. The third-order valence-corrected chi connectivity index (χ3v) is 3.57. The Hall–Kier alpha value is -0.630. The molecule has 0 saturated heterocycles. The molecule has 1 atom stereocenters. The second kappa shape index (κ2) is 9.33. The SMILES string of the molecule is CC(C)(C)NC(N)=NCCS(=O)Cc1ccccc1.I. The second-order valence-electron chi connectivity index (χ2n) is 5.42. The molecule has 20 heavy (non-hydrogen) atoms. The molecule has 0 amide bonds. The highest BCUT2D eigenvalue weighted by Crippen LogP contribution is 2.03. The second-order valence-corrected chi connectivity index (χ2v) is 6.99. The molecule has 0 fully saturated rings. The number of nitrogens with zero attached hydrogens (tertiary/aromatic N) is 1. The van der Waals surface area contributed by atoms with Crippen LogP contribution < -0.4 is 11.1 Å². The van der Waals surface area contributed by atoms with Crippen LogP contribution in [0.15, 0.2) is 35.3 Å². The summed E-state index contributed by atoms with van der Waals surface area (Å²) in [5.74, 6) is 1.51. The van der Waals surface area contributed by atoms with E-state index in [4.69, 9.17) is 5.73 Å². The molecule has 0 aliphatic rings. The molecule has 0 spiro atoms. The van der Waals surface area contributed by atoms with Gasteiger partial charge in [0.05, 0.1) is 6.54 Å². The van der Waals surface area contributed by atoms with E-state index in [2.05, 4.69) is 10.3 Å². The van der Waals surface area contributed by atoms with Crippen LogP contribution in [0.2, 0.25) is 0 Å². The summed E-state index contributed by atoms with van der Waals surface area (Å²) in [5.41, 5.74) is 6.73. The molecular formula is C14H24IN3OS. The van der Waals surface area contributed by atoms with Crippen LogP contribution in [0.4, 0.5) is 0 Å². The lowest BCUT2D eigenvalue weighted by atomic mass is 10.1. The van der Waals surface area contributed by atoms with Gasteiger partial charge < -0.3 is 11.1 Å². The highest BCUT2D eigenvalue weighted by Gasteiger charge is 2.09. The molecule has 0 heterocycles. The predicted octanol–water partition coefficient (Wildman–Crippen LogP) is 2.26. The molecule has 4 nitrogen and oxygen atoms in total. The summed E-state index contributed by atoms with van der Waals surface area (Å²) in [7, 11) is -0.901. The smallest absolute Gasteiger partial charge is 0.189 e. The molecular weight excluding hydrogens is 385 g/mol. The number of rotatable bonds is 5. The number of hydrogen-bond acceptors (Lipinski definition) is 2. The van der Waals surface area contributed by atoms with Crippen LogP contribution in [0.1, 0.15) is 26.3 Å². The summed E-state index contributed by atoms with van der Waals surface area (Å²) in [6.45, 7) is 6.53.